The predicted octanol–water partition coefficient (Wildman–Crippen LogP) is 4.35. The van der Waals surface area contributed by atoms with Gasteiger partial charge in [0.15, 0.2) is 0 Å². The molecule has 3 heteroatoms. The zero-order valence-corrected chi connectivity index (χ0v) is 14.3. The molecule has 2 aromatic carbocycles. The molecule has 0 amide bonds. The van der Waals surface area contributed by atoms with Gasteiger partial charge in [-0.15, -0.1) is 0 Å². The van der Waals surface area contributed by atoms with Gasteiger partial charge in [-0.25, -0.2) is 0 Å². The van der Waals surface area contributed by atoms with Gasteiger partial charge in [-0.05, 0) is 48.6 Å². The first kappa shape index (κ1) is 14.9. The molecule has 0 saturated heterocycles. The highest BCUT2D eigenvalue weighted by molar-refractivity contribution is 5.91. The number of benzene rings is 2. The Morgan fingerprint density at radius 1 is 1.08 bits per heavy atom. The number of aryl methyl sites for hydroxylation is 1. The summed E-state index contributed by atoms with van der Waals surface area (Å²) in [5.41, 5.74) is 6.47. The Morgan fingerprint density at radius 2 is 1.96 bits per heavy atom. The van der Waals surface area contributed by atoms with Gasteiger partial charge in [0.25, 0.3) is 0 Å². The summed E-state index contributed by atoms with van der Waals surface area (Å²) in [6, 6.07) is 17.5. The summed E-state index contributed by atoms with van der Waals surface area (Å²) in [5.74, 6) is 0. The second-order valence-electron chi connectivity index (χ2n) is 7.27. The number of hydrogen-bond acceptors (Lipinski definition) is 2. The molecule has 1 aliphatic carbocycles. The molecule has 3 nitrogen and oxygen atoms in total. The van der Waals surface area contributed by atoms with Gasteiger partial charge in [0.2, 0.25) is 0 Å². The largest absolute Gasteiger partial charge is 0.342 e. The number of fused-ring (bicyclic) bond motifs is 3. The summed E-state index contributed by atoms with van der Waals surface area (Å²) in [7, 11) is 0. The second kappa shape index (κ2) is 5.85. The van der Waals surface area contributed by atoms with E-state index >= 15 is 0 Å². The molecule has 0 radical (unpaired) electrons. The standard InChI is InChI=1S/C22H22N2O/c25-15-17-9-10-20-19(13-17)18-7-4-8-21-22(18)24(20)12-11-23(21)14-16-5-2-1-3-6-16/h1-3,5-6,9-10,13,15,21H,4,7-8,11-12,14H2/t21-/m1/s1. The normalized spacial score (nSPS) is 19.8. The Morgan fingerprint density at radius 3 is 2.80 bits per heavy atom. The Hall–Kier alpha value is -2.39. The number of aldehydes is 1. The first-order valence-electron chi connectivity index (χ1n) is 9.23. The van der Waals surface area contributed by atoms with Gasteiger partial charge >= 0.3 is 0 Å². The van der Waals surface area contributed by atoms with Crippen LogP contribution in [-0.2, 0) is 19.5 Å². The van der Waals surface area contributed by atoms with Crippen LogP contribution in [0, 0.1) is 0 Å². The van der Waals surface area contributed by atoms with E-state index in [9.17, 15) is 4.79 Å². The summed E-state index contributed by atoms with van der Waals surface area (Å²) >= 11 is 0. The van der Waals surface area contributed by atoms with Crippen LogP contribution in [0.5, 0.6) is 0 Å². The van der Waals surface area contributed by atoms with Gasteiger partial charge in [0, 0.05) is 41.8 Å². The van der Waals surface area contributed by atoms with Crippen LogP contribution in [-0.4, -0.2) is 22.3 Å². The van der Waals surface area contributed by atoms with Crippen LogP contribution in [0.2, 0.25) is 0 Å². The molecule has 126 valence electrons. The molecular formula is C22H22N2O. The van der Waals surface area contributed by atoms with Crippen molar-refractivity contribution < 1.29 is 4.79 Å². The molecule has 25 heavy (non-hydrogen) atoms. The van der Waals surface area contributed by atoms with E-state index in [1.54, 1.807) is 0 Å². The number of carbonyl (C=O) groups excluding carboxylic acids is 1. The maximum Gasteiger partial charge on any atom is 0.150 e. The molecule has 0 spiro atoms. The Bertz CT molecular complexity index is 942. The Balaban J connectivity index is 1.60. The Kier molecular flexibility index (Phi) is 3.49. The topological polar surface area (TPSA) is 25.2 Å². The molecule has 2 heterocycles. The predicted molar refractivity (Wildman–Crippen MR) is 99.9 cm³/mol. The van der Waals surface area contributed by atoms with Crippen molar-refractivity contribution in [3.63, 3.8) is 0 Å². The third kappa shape index (κ3) is 2.34. The zero-order valence-electron chi connectivity index (χ0n) is 14.3. The molecule has 1 aliphatic heterocycles. The van der Waals surface area contributed by atoms with Crippen LogP contribution in [0.3, 0.4) is 0 Å². The van der Waals surface area contributed by atoms with Crippen molar-refractivity contribution in [1.29, 1.82) is 0 Å². The van der Waals surface area contributed by atoms with Crippen LogP contribution in [0.25, 0.3) is 10.9 Å². The van der Waals surface area contributed by atoms with Crippen molar-refractivity contribution in [2.75, 3.05) is 6.54 Å². The van der Waals surface area contributed by atoms with Gasteiger partial charge < -0.3 is 4.57 Å². The molecule has 0 fully saturated rings. The number of carbonyl (C=O) groups is 1. The van der Waals surface area contributed by atoms with Gasteiger partial charge in [0.05, 0.1) is 6.04 Å². The fourth-order valence-corrected chi connectivity index (χ4v) is 4.78. The quantitative estimate of drug-likeness (QED) is 0.667. The lowest BCUT2D eigenvalue weighted by atomic mass is 9.89. The molecule has 5 rings (SSSR count). The third-order valence-electron chi connectivity index (χ3n) is 5.87. The summed E-state index contributed by atoms with van der Waals surface area (Å²) in [6.07, 6.45) is 4.56. The number of nitrogens with zero attached hydrogens (tertiary/aromatic N) is 2. The van der Waals surface area contributed by atoms with E-state index in [1.807, 2.05) is 6.07 Å². The first-order valence-corrected chi connectivity index (χ1v) is 9.23. The van der Waals surface area contributed by atoms with Crippen molar-refractivity contribution in [3.05, 3.63) is 70.9 Å². The average Bonchev–Trinajstić information content (AvgIpc) is 2.99. The maximum absolute atomic E-state index is 11.2. The van der Waals surface area contributed by atoms with E-state index in [0.29, 0.717) is 6.04 Å². The van der Waals surface area contributed by atoms with Gasteiger partial charge in [-0.3, -0.25) is 9.69 Å². The van der Waals surface area contributed by atoms with Crippen molar-refractivity contribution >= 4 is 17.2 Å². The molecule has 0 N–H and O–H groups in total. The molecule has 1 aromatic heterocycles. The minimum absolute atomic E-state index is 0.504. The molecule has 1 atom stereocenters. The van der Waals surface area contributed by atoms with Gasteiger partial charge in [-0.1, -0.05) is 30.3 Å². The number of hydrogen-bond donors (Lipinski definition) is 0. The van der Waals surface area contributed by atoms with Crippen molar-refractivity contribution in [2.24, 2.45) is 0 Å². The monoisotopic (exact) mass is 330 g/mol. The van der Waals surface area contributed by atoms with E-state index in [2.05, 4.69) is 51.9 Å². The minimum Gasteiger partial charge on any atom is -0.342 e. The van der Waals surface area contributed by atoms with E-state index in [4.69, 9.17) is 0 Å². The summed E-state index contributed by atoms with van der Waals surface area (Å²) in [6.45, 7) is 3.15. The smallest absolute Gasteiger partial charge is 0.150 e. The number of aromatic nitrogens is 1. The summed E-state index contributed by atoms with van der Waals surface area (Å²) < 4.78 is 2.52. The fourth-order valence-electron chi connectivity index (χ4n) is 4.78. The van der Waals surface area contributed by atoms with Crippen molar-refractivity contribution in [1.82, 2.24) is 9.47 Å². The van der Waals surface area contributed by atoms with E-state index in [-0.39, 0.29) is 0 Å². The molecule has 0 saturated carbocycles. The van der Waals surface area contributed by atoms with Crippen LogP contribution < -0.4 is 0 Å². The van der Waals surface area contributed by atoms with Crippen LogP contribution in [0.15, 0.2) is 48.5 Å². The SMILES string of the molecule is O=Cc1ccc2c(c1)c1c3n2CCN(Cc2ccccc2)[C@@H]3CCC1. The lowest BCUT2D eigenvalue weighted by Gasteiger charge is -2.40. The third-order valence-corrected chi connectivity index (χ3v) is 5.87. The van der Waals surface area contributed by atoms with Crippen LogP contribution >= 0.6 is 0 Å². The molecule has 0 unspecified atom stereocenters. The van der Waals surface area contributed by atoms with Crippen LogP contribution in [0.1, 0.15) is 46.1 Å². The van der Waals surface area contributed by atoms with Gasteiger partial charge in [-0.2, -0.15) is 0 Å². The van der Waals surface area contributed by atoms with Gasteiger partial charge in [0.1, 0.15) is 6.29 Å². The highest BCUT2D eigenvalue weighted by Crippen LogP contribution is 2.43. The Labute approximate surface area is 147 Å². The highest BCUT2D eigenvalue weighted by Gasteiger charge is 2.34. The lowest BCUT2D eigenvalue weighted by molar-refractivity contribution is 0.112. The van der Waals surface area contributed by atoms with E-state index in [0.717, 1.165) is 37.9 Å². The average molecular weight is 330 g/mol. The molecular weight excluding hydrogens is 308 g/mol. The van der Waals surface area contributed by atoms with Crippen molar-refractivity contribution in [2.45, 2.75) is 38.4 Å². The summed E-state index contributed by atoms with van der Waals surface area (Å²) in [4.78, 5) is 13.9. The number of rotatable bonds is 3. The first-order chi connectivity index (χ1) is 12.3. The maximum atomic E-state index is 11.2. The second-order valence-corrected chi connectivity index (χ2v) is 7.27. The van der Waals surface area contributed by atoms with E-state index < -0.39 is 0 Å². The van der Waals surface area contributed by atoms with Crippen molar-refractivity contribution in [3.8, 4) is 0 Å². The molecule has 3 aromatic rings. The fraction of sp³-hybridized carbons (Fsp3) is 0.318. The zero-order chi connectivity index (χ0) is 16.8. The highest BCUT2D eigenvalue weighted by atomic mass is 16.1. The minimum atomic E-state index is 0.504. The molecule has 0 bridgehead atoms. The van der Waals surface area contributed by atoms with E-state index in [1.165, 1.54) is 40.6 Å². The lowest BCUT2D eigenvalue weighted by Crippen LogP contribution is -2.39. The molecule has 2 aliphatic rings. The van der Waals surface area contributed by atoms with Crippen LogP contribution in [0.4, 0.5) is 0 Å². The summed E-state index contributed by atoms with van der Waals surface area (Å²) in [5, 5.41) is 1.30.